The Morgan fingerprint density at radius 2 is 1.61 bits per heavy atom. The van der Waals surface area contributed by atoms with Crippen molar-refractivity contribution >= 4 is 33.7 Å². The number of carboxylic acid groups (broad SMARTS) is 1. The molecule has 3 rings (SSSR count). The average Bonchev–Trinajstić information content (AvgIpc) is 2.75. The van der Waals surface area contributed by atoms with E-state index in [9.17, 15) is 27.6 Å². The first-order valence-electron chi connectivity index (χ1n) is 9.09. The molecule has 10 nitrogen and oxygen atoms in total. The highest BCUT2D eigenvalue weighted by Crippen LogP contribution is 2.46. The maximum atomic E-state index is 12.5. The smallest absolute Gasteiger partial charge is 0.333 e. The summed E-state index contributed by atoms with van der Waals surface area (Å²) >= 11 is 0. The molecular weight excluding hydrogens is 394 g/mol. The van der Waals surface area contributed by atoms with E-state index in [1.165, 1.54) is 13.8 Å². The number of β-lactam (4-membered cyclic amide) rings is 1. The Morgan fingerprint density at radius 1 is 1.07 bits per heavy atom. The summed E-state index contributed by atoms with van der Waals surface area (Å²) in [4.78, 5) is 48.2. The standard InChI is InChI=1S/C17H23NO9S/c1-17(2)13(18-11(19)7-12(18)28(17,24)25)16(23)27-8-26-15(22)10-5-3-9(4-6-10)14(20)21/h9-10,12-13H,3-8H2,1-2H3,(H,20,21)/t9?,10?,12-,13+/m1/s1. The van der Waals surface area contributed by atoms with E-state index in [-0.39, 0.29) is 6.42 Å². The summed E-state index contributed by atoms with van der Waals surface area (Å²) in [6.07, 6.45) is 1.36. The van der Waals surface area contributed by atoms with Gasteiger partial charge in [-0.15, -0.1) is 0 Å². The van der Waals surface area contributed by atoms with Gasteiger partial charge in [0.25, 0.3) is 0 Å². The molecule has 0 radical (unpaired) electrons. The molecule has 11 heteroatoms. The fourth-order valence-electron chi connectivity index (χ4n) is 4.13. The fourth-order valence-corrected chi connectivity index (χ4v) is 6.25. The highest BCUT2D eigenvalue weighted by atomic mass is 32.2. The van der Waals surface area contributed by atoms with E-state index in [1.54, 1.807) is 0 Å². The molecule has 28 heavy (non-hydrogen) atoms. The molecule has 156 valence electrons. The van der Waals surface area contributed by atoms with Gasteiger partial charge in [-0.05, 0) is 39.5 Å². The summed E-state index contributed by atoms with van der Waals surface area (Å²) in [5.41, 5.74) is 0. The van der Waals surface area contributed by atoms with Gasteiger partial charge in [0, 0.05) is 0 Å². The van der Waals surface area contributed by atoms with Crippen LogP contribution in [-0.2, 0) is 38.5 Å². The Hall–Kier alpha value is -2.17. The average molecular weight is 417 g/mol. The van der Waals surface area contributed by atoms with E-state index in [0.717, 1.165) is 4.90 Å². The number of hydrogen-bond acceptors (Lipinski definition) is 8. The minimum Gasteiger partial charge on any atom is -0.481 e. The summed E-state index contributed by atoms with van der Waals surface area (Å²) in [5.74, 6) is -3.77. The molecule has 2 heterocycles. The first kappa shape index (κ1) is 20.6. The lowest BCUT2D eigenvalue weighted by atomic mass is 9.82. The van der Waals surface area contributed by atoms with Crippen molar-refractivity contribution in [3.8, 4) is 0 Å². The quantitative estimate of drug-likeness (QED) is 0.373. The van der Waals surface area contributed by atoms with E-state index in [2.05, 4.69) is 0 Å². The molecule has 2 saturated heterocycles. The Labute approximate surface area is 162 Å². The Kier molecular flexibility index (Phi) is 5.15. The van der Waals surface area contributed by atoms with E-state index < -0.39 is 68.4 Å². The predicted octanol–water partition coefficient (Wildman–Crippen LogP) is 0.0553. The second-order valence-electron chi connectivity index (χ2n) is 7.94. The monoisotopic (exact) mass is 417 g/mol. The van der Waals surface area contributed by atoms with Crippen LogP contribution in [0.2, 0.25) is 0 Å². The number of carbonyl (C=O) groups is 4. The van der Waals surface area contributed by atoms with E-state index >= 15 is 0 Å². The Morgan fingerprint density at radius 3 is 2.14 bits per heavy atom. The summed E-state index contributed by atoms with van der Waals surface area (Å²) in [7, 11) is -3.71. The number of ether oxygens (including phenoxy) is 2. The molecule has 3 fully saturated rings. The van der Waals surface area contributed by atoms with Gasteiger partial charge in [-0.3, -0.25) is 14.4 Å². The van der Waals surface area contributed by atoms with Gasteiger partial charge >= 0.3 is 17.9 Å². The normalized spacial score (nSPS) is 32.8. The molecule has 3 aliphatic rings. The number of amides is 1. The molecule has 0 aromatic rings. The van der Waals surface area contributed by atoms with Crippen molar-refractivity contribution in [1.82, 2.24) is 4.90 Å². The fraction of sp³-hybridized carbons (Fsp3) is 0.765. The van der Waals surface area contributed by atoms with Crippen molar-refractivity contribution in [3.05, 3.63) is 0 Å². The van der Waals surface area contributed by atoms with Gasteiger partial charge in [0.15, 0.2) is 9.84 Å². The van der Waals surface area contributed by atoms with Crippen molar-refractivity contribution < 1.29 is 42.2 Å². The Balaban J connectivity index is 1.53. The van der Waals surface area contributed by atoms with E-state index in [1.807, 2.05) is 0 Å². The molecular formula is C17H23NO9S. The first-order chi connectivity index (χ1) is 13.0. The maximum Gasteiger partial charge on any atom is 0.333 e. The van der Waals surface area contributed by atoms with Gasteiger partial charge in [-0.2, -0.15) is 0 Å². The lowest BCUT2D eigenvalue weighted by molar-refractivity contribution is -0.178. The van der Waals surface area contributed by atoms with Crippen LogP contribution < -0.4 is 0 Å². The van der Waals surface area contributed by atoms with Crippen LogP contribution in [0, 0.1) is 11.8 Å². The molecule has 2 aliphatic heterocycles. The summed E-state index contributed by atoms with van der Waals surface area (Å²) < 4.78 is 33.3. The third kappa shape index (κ3) is 3.15. The zero-order valence-corrected chi connectivity index (χ0v) is 16.4. The zero-order chi connectivity index (χ0) is 20.9. The van der Waals surface area contributed by atoms with Crippen molar-refractivity contribution in [3.63, 3.8) is 0 Å². The van der Waals surface area contributed by atoms with Gasteiger partial charge < -0.3 is 19.5 Å². The molecule has 0 aromatic carbocycles. The largest absolute Gasteiger partial charge is 0.481 e. The number of hydrogen-bond donors (Lipinski definition) is 1. The topological polar surface area (TPSA) is 144 Å². The van der Waals surface area contributed by atoms with Crippen LogP contribution in [0.3, 0.4) is 0 Å². The highest BCUT2D eigenvalue weighted by Gasteiger charge is 2.68. The molecule has 0 spiro atoms. The number of fused-ring (bicyclic) bond motifs is 1. The minimum atomic E-state index is -3.71. The molecule has 1 amide bonds. The van der Waals surface area contributed by atoms with Gasteiger partial charge in [0.1, 0.15) is 11.4 Å². The number of nitrogens with zero attached hydrogens (tertiary/aromatic N) is 1. The number of carbonyl (C=O) groups excluding carboxylic acids is 3. The van der Waals surface area contributed by atoms with Crippen LogP contribution >= 0.6 is 0 Å². The molecule has 1 N–H and O–H groups in total. The molecule has 1 saturated carbocycles. The van der Waals surface area contributed by atoms with Gasteiger partial charge in [0.2, 0.25) is 12.7 Å². The second kappa shape index (κ2) is 7.02. The lowest BCUT2D eigenvalue weighted by Crippen LogP contribution is -2.57. The summed E-state index contributed by atoms with van der Waals surface area (Å²) in [6.45, 7) is 2.05. The third-order valence-electron chi connectivity index (χ3n) is 6.01. The maximum absolute atomic E-state index is 12.5. The van der Waals surface area contributed by atoms with Crippen LogP contribution in [0.4, 0.5) is 0 Å². The van der Waals surface area contributed by atoms with E-state index in [0.29, 0.717) is 25.7 Å². The molecule has 0 unspecified atom stereocenters. The Bertz CT molecular complexity index is 810. The van der Waals surface area contributed by atoms with Crippen molar-refractivity contribution in [2.24, 2.45) is 11.8 Å². The number of aliphatic carboxylic acids is 1. The molecule has 2 atom stereocenters. The third-order valence-corrected chi connectivity index (χ3v) is 8.81. The minimum absolute atomic E-state index is 0.149. The number of esters is 2. The lowest BCUT2D eigenvalue weighted by Gasteiger charge is -2.36. The predicted molar refractivity (Wildman–Crippen MR) is 92.2 cm³/mol. The summed E-state index contributed by atoms with van der Waals surface area (Å²) in [6, 6.07) is -1.28. The van der Waals surface area contributed by atoms with E-state index in [4.69, 9.17) is 14.6 Å². The number of sulfone groups is 1. The van der Waals surface area contributed by atoms with Crippen LogP contribution in [0.1, 0.15) is 46.0 Å². The molecule has 1 aliphatic carbocycles. The van der Waals surface area contributed by atoms with Crippen molar-refractivity contribution in [1.29, 1.82) is 0 Å². The van der Waals surface area contributed by atoms with Crippen LogP contribution in [0.5, 0.6) is 0 Å². The van der Waals surface area contributed by atoms with Gasteiger partial charge in [-0.1, -0.05) is 0 Å². The van der Waals surface area contributed by atoms with Crippen LogP contribution in [0.15, 0.2) is 0 Å². The van der Waals surface area contributed by atoms with Gasteiger partial charge in [0.05, 0.1) is 23.0 Å². The molecule has 0 bridgehead atoms. The second-order valence-corrected chi connectivity index (χ2v) is 10.6. The highest BCUT2D eigenvalue weighted by molar-refractivity contribution is 7.93. The van der Waals surface area contributed by atoms with Crippen LogP contribution in [0.25, 0.3) is 0 Å². The summed E-state index contributed by atoms with van der Waals surface area (Å²) in [5, 5.41) is 7.95. The van der Waals surface area contributed by atoms with Gasteiger partial charge in [-0.25, -0.2) is 13.2 Å². The van der Waals surface area contributed by atoms with Crippen LogP contribution in [-0.4, -0.2) is 65.2 Å². The SMILES string of the molecule is CC1(C)[C@H](C(=O)OCOC(=O)C2CCC(C(=O)O)CC2)N2C(=O)C[C@H]2S1(=O)=O. The zero-order valence-electron chi connectivity index (χ0n) is 15.6. The van der Waals surface area contributed by atoms with Crippen molar-refractivity contribution in [2.45, 2.75) is 62.1 Å². The van der Waals surface area contributed by atoms with Crippen molar-refractivity contribution in [2.75, 3.05) is 6.79 Å². The first-order valence-corrected chi connectivity index (χ1v) is 10.6. The molecule has 0 aromatic heterocycles. The number of carboxylic acids is 1. The number of rotatable bonds is 5.